The Bertz CT molecular complexity index is 1090. The first kappa shape index (κ1) is 45.4. The van der Waals surface area contributed by atoms with Crippen molar-refractivity contribution in [2.75, 3.05) is 13.2 Å². The predicted molar refractivity (Wildman–Crippen MR) is 204 cm³/mol. The lowest BCUT2D eigenvalue weighted by Crippen LogP contribution is -2.69. The van der Waals surface area contributed by atoms with Gasteiger partial charge in [-0.3, -0.25) is 9.59 Å². The van der Waals surface area contributed by atoms with Crippen LogP contribution < -0.4 is 10.6 Å². The summed E-state index contributed by atoms with van der Waals surface area (Å²) in [5.74, 6) is -0.798. The average Bonchev–Trinajstić information content (AvgIpc) is 3.15. The number of alkyl carbamates (subject to hydrolysis) is 1. The number of amides is 3. The fourth-order valence-corrected chi connectivity index (χ4v) is 6.71. The molecular weight excluding hydrogens is 662 g/mol. The number of aliphatic hydroxyl groups excluding tert-OH is 3. The summed E-state index contributed by atoms with van der Waals surface area (Å²) in [5, 5.41) is 37.3. The van der Waals surface area contributed by atoms with Gasteiger partial charge in [-0.15, -0.1) is 0 Å². The van der Waals surface area contributed by atoms with Crippen molar-refractivity contribution in [1.82, 2.24) is 15.5 Å². The van der Waals surface area contributed by atoms with E-state index in [0.717, 1.165) is 44.1 Å². The lowest BCUT2D eigenvalue weighted by Gasteiger charge is -2.47. The molecule has 1 aliphatic heterocycles. The van der Waals surface area contributed by atoms with Gasteiger partial charge in [-0.05, 0) is 25.3 Å². The zero-order valence-corrected chi connectivity index (χ0v) is 32.4. The first-order chi connectivity index (χ1) is 25.2. The van der Waals surface area contributed by atoms with Gasteiger partial charge in [-0.1, -0.05) is 153 Å². The molecule has 6 atom stereocenters. The van der Waals surface area contributed by atoms with Crippen LogP contribution in [0, 0.1) is 0 Å². The predicted octanol–water partition coefficient (Wildman–Crippen LogP) is 6.90. The van der Waals surface area contributed by atoms with Gasteiger partial charge in [0.15, 0.2) is 6.23 Å². The summed E-state index contributed by atoms with van der Waals surface area (Å²) in [6.45, 7) is 5.72. The summed E-state index contributed by atoms with van der Waals surface area (Å²) in [6, 6.07) is 6.89. The molecule has 2 rings (SSSR count). The number of ether oxygens (including phenoxy) is 2. The molecule has 5 N–H and O–H groups in total. The largest absolute Gasteiger partial charge is 0.445 e. The molecule has 1 aliphatic rings. The summed E-state index contributed by atoms with van der Waals surface area (Å²) in [4.78, 5) is 41.3. The summed E-state index contributed by atoms with van der Waals surface area (Å²) in [7, 11) is 0. The third-order valence-corrected chi connectivity index (χ3v) is 10.0. The maximum atomic E-state index is 13.9. The number of nitrogens with zero attached hydrogens (tertiary/aromatic N) is 1. The summed E-state index contributed by atoms with van der Waals surface area (Å²) < 4.78 is 11.4. The van der Waals surface area contributed by atoms with E-state index in [2.05, 4.69) is 24.5 Å². The standard InChI is InChI=1S/C41H71N3O8/c1-4-6-8-10-12-14-16-18-20-25-29-44(35(46)28-24-19-17-15-13-11-9-7-5-2)40-36(38(48)37(47)34(30-45)52-40)43-39(49)32(3)42-41(50)51-31-33-26-22-21-23-27-33/h21-23,26-27,32,34,36-38,40,45,47-48H,4-20,24-25,28-31H2,1-3H3,(H,42,50)(H,43,49)/t32-,34+,36+,37-,38+,40+/m0/s1. The molecule has 0 radical (unpaired) electrons. The number of rotatable bonds is 28. The van der Waals surface area contributed by atoms with Crippen LogP contribution in [-0.4, -0.2) is 87.9 Å². The smallest absolute Gasteiger partial charge is 0.408 e. The van der Waals surface area contributed by atoms with Gasteiger partial charge in [0.2, 0.25) is 11.8 Å². The molecule has 1 aromatic carbocycles. The molecule has 1 heterocycles. The highest BCUT2D eigenvalue weighted by molar-refractivity contribution is 5.85. The Kier molecular flexibility index (Phi) is 24.3. The van der Waals surface area contributed by atoms with Crippen molar-refractivity contribution in [3.63, 3.8) is 0 Å². The third kappa shape index (κ3) is 17.9. The Morgan fingerprint density at radius 2 is 1.29 bits per heavy atom. The normalized spacial score (nSPS) is 20.6. The minimum absolute atomic E-state index is 0.0298. The van der Waals surface area contributed by atoms with E-state index in [-0.39, 0.29) is 12.5 Å². The van der Waals surface area contributed by atoms with Crippen LogP contribution in [0.1, 0.15) is 155 Å². The van der Waals surface area contributed by atoms with E-state index in [0.29, 0.717) is 25.8 Å². The lowest BCUT2D eigenvalue weighted by molar-refractivity contribution is -0.231. The van der Waals surface area contributed by atoms with E-state index in [1.807, 2.05) is 30.3 Å². The van der Waals surface area contributed by atoms with Gasteiger partial charge in [-0.25, -0.2) is 4.79 Å². The molecule has 0 unspecified atom stereocenters. The van der Waals surface area contributed by atoms with Crippen LogP contribution in [0.3, 0.4) is 0 Å². The second-order valence-electron chi connectivity index (χ2n) is 14.5. The van der Waals surface area contributed by atoms with Crippen molar-refractivity contribution in [3.05, 3.63) is 35.9 Å². The fraction of sp³-hybridized carbons (Fsp3) is 0.780. The Morgan fingerprint density at radius 1 is 0.769 bits per heavy atom. The minimum atomic E-state index is -1.53. The summed E-state index contributed by atoms with van der Waals surface area (Å²) in [6.07, 6.45) is 15.6. The highest BCUT2D eigenvalue weighted by Crippen LogP contribution is 2.26. The first-order valence-corrected chi connectivity index (χ1v) is 20.4. The minimum Gasteiger partial charge on any atom is -0.445 e. The van der Waals surface area contributed by atoms with E-state index in [9.17, 15) is 29.7 Å². The molecular formula is C41H71N3O8. The highest BCUT2D eigenvalue weighted by atomic mass is 16.6. The Balaban J connectivity index is 2.07. The Hall–Kier alpha value is -2.73. The van der Waals surface area contributed by atoms with Crippen molar-refractivity contribution < 1.29 is 39.2 Å². The molecule has 0 spiro atoms. The van der Waals surface area contributed by atoms with E-state index >= 15 is 0 Å². The maximum Gasteiger partial charge on any atom is 0.408 e. The highest BCUT2D eigenvalue weighted by Gasteiger charge is 2.48. The molecule has 1 aromatic rings. The fourth-order valence-electron chi connectivity index (χ4n) is 6.71. The number of hydrogen-bond acceptors (Lipinski definition) is 8. The van der Waals surface area contributed by atoms with Crippen LogP contribution in [0.4, 0.5) is 4.79 Å². The molecule has 1 fully saturated rings. The molecule has 11 nitrogen and oxygen atoms in total. The van der Waals surface area contributed by atoms with Gasteiger partial charge >= 0.3 is 6.09 Å². The van der Waals surface area contributed by atoms with Crippen molar-refractivity contribution in [1.29, 1.82) is 0 Å². The van der Waals surface area contributed by atoms with Crippen molar-refractivity contribution in [3.8, 4) is 0 Å². The molecule has 3 amide bonds. The van der Waals surface area contributed by atoms with Crippen LogP contribution in [0.5, 0.6) is 0 Å². The zero-order valence-electron chi connectivity index (χ0n) is 32.4. The van der Waals surface area contributed by atoms with Crippen molar-refractivity contribution in [2.45, 2.75) is 192 Å². The summed E-state index contributed by atoms with van der Waals surface area (Å²) in [5.41, 5.74) is 0.794. The SMILES string of the molecule is CCCCCCCCCCCCN(C(=O)CCCCCCCCCCC)[C@@H]1O[C@H](CO)[C@H](O)[C@H](O)[C@H]1NC(=O)[C@H](C)NC(=O)OCc1ccccc1. The maximum absolute atomic E-state index is 13.9. The molecule has 0 saturated carbocycles. The number of benzene rings is 1. The van der Waals surface area contributed by atoms with E-state index < -0.39 is 55.2 Å². The molecule has 0 bridgehead atoms. The van der Waals surface area contributed by atoms with E-state index in [1.165, 1.54) is 77.6 Å². The van der Waals surface area contributed by atoms with Crippen LogP contribution in [-0.2, 0) is 25.7 Å². The Morgan fingerprint density at radius 3 is 1.83 bits per heavy atom. The molecule has 298 valence electrons. The van der Waals surface area contributed by atoms with Crippen molar-refractivity contribution in [2.24, 2.45) is 0 Å². The number of nitrogens with one attached hydrogen (secondary N) is 2. The quantitative estimate of drug-likeness (QED) is 0.0583. The Labute approximate surface area is 313 Å². The molecule has 0 aliphatic carbocycles. The molecule has 1 saturated heterocycles. The zero-order chi connectivity index (χ0) is 38.0. The first-order valence-electron chi connectivity index (χ1n) is 20.4. The van der Waals surface area contributed by atoms with Crippen LogP contribution in [0.15, 0.2) is 30.3 Å². The number of carbonyl (C=O) groups excluding carboxylic acids is 3. The second-order valence-corrected chi connectivity index (χ2v) is 14.5. The van der Waals surface area contributed by atoms with Crippen LogP contribution in [0.25, 0.3) is 0 Å². The van der Waals surface area contributed by atoms with Gasteiger partial charge in [0.25, 0.3) is 0 Å². The number of aliphatic hydroxyl groups is 3. The van der Waals surface area contributed by atoms with Gasteiger partial charge < -0.3 is 40.3 Å². The van der Waals surface area contributed by atoms with E-state index in [1.54, 1.807) is 4.90 Å². The van der Waals surface area contributed by atoms with Gasteiger partial charge in [0.05, 0.1) is 6.61 Å². The van der Waals surface area contributed by atoms with Gasteiger partial charge in [-0.2, -0.15) is 0 Å². The summed E-state index contributed by atoms with van der Waals surface area (Å²) >= 11 is 0. The number of unbranched alkanes of at least 4 members (excludes halogenated alkanes) is 17. The molecule has 52 heavy (non-hydrogen) atoms. The van der Waals surface area contributed by atoms with Gasteiger partial charge in [0, 0.05) is 13.0 Å². The third-order valence-electron chi connectivity index (χ3n) is 10.0. The second kappa shape index (κ2) is 27.8. The van der Waals surface area contributed by atoms with Crippen LogP contribution >= 0.6 is 0 Å². The average molecular weight is 734 g/mol. The topological polar surface area (TPSA) is 158 Å². The monoisotopic (exact) mass is 734 g/mol. The molecule has 11 heteroatoms. The van der Waals surface area contributed by atoms with Crippen molar-refractivity contribution >= 4 is 17.9 Å². The number of hydrogen-bond donors (Lipinski definition) is 5. The van der Waals surface area contributed by atoms with Gasteiger partial charge in [0.1, 0.15) is 37.0 Å². The lowest BCUT2D eigenvalue weighted by atomic mass is 9.94. The number of carbonyl (C=O) groups is 3. The molecule has 0 aromatic heterocycles. The van der Waals surface area contributed by atoms with E-state index in [4.69, 9.17) is 9.47 Å². The van der Waals surface area contributed by atoms with Crippen LogP contribution in [0.2, 0.25) is 0 Å².